The Morgan fingerprint density at radius 1 is 1.38 bits per heavy atom. The van der Waals surface area contributed by atoms with Crippen LogP contribution in [0.3, 0.4) is 0 Å². The standard InChI is InChI=1S/C10H9NO2/c1-13-8-4-2-7(3-5-8)10(12)9-6-11-9/h2-6,9H,1H3. The predicted molar refractivity (Wildman–Crippen MR) is 49.6 cm³/mol. The zero-order chi connectivity index (χ0) is 9.26. The van der Waals surface area contributed by atoms with Crippen LogP contribution in [0.5, 0.6) is 5.75 Å². The van der Waals surface area contributed by atoms with Crippen LogP contribution in [0.4, 0.5) is 0 Å². The molecule has 0 aliphatic carbocycles. The second-order valence-corrected chi connectivity index (χ2v) is 2.84. The molecule has 3 nitrogen and oxygen atoms in total. The van der Waals surface area contributed by atoms with Gasteiger partial charge in [0.15, 0.2) is 5.78 Å². The first kappa shape index (κ1) is 7.98. The Morgan fingerprint density at radius 3 is 2.46 bits per heavy atom. The summed E-state index contributed by atoms with van der Waals surface area (Å²) in [6.45, 7) is 0. The fourth-order valence-electron chi connectivity index (χ4n) is 1.10. The second-order valence-electron chi connectivity index (χ2n) is 2.84. The van der Waals surface area contributed by atoms with Crippen molar-refractivity contribution in [3.63, 3.8) is 0 Å². The number of nitrogens with zero attached hydrogens (tertiary/aromatic N) is 1. The number of ether oxygens (including phenoxy) is 1. The Hall–Kier alpha value is -1.64. The van der Waals surface area contributed by atoms with Gasteiger partial charge in [0, 0.05) is 11.8 Å². The van der Waals surface area contributed by atoms with E-state index in [4.69, 9.17) is 4.74 Å². The molecule has 1 atom stereocenters. The fraction of sp³-hybridized carbons (Fsp3) is 0.200. The molecule has 1 heterocycles. The van der Waals surface area contributed by atoms with E-state index >= 15 is 0 Å². The smallest absolute Gasteiger partial charge is 0.192 e. The van der Waals surface area contributed by atoms with Gasteiger partial charge >= 0.3 is 0 Å². The lowest BCUT2D eigenvalue weighted by atomic mass is 10.1. The number of hydrogen-bond acceptors (Lipinski definition) is 3. The summed E-state index contributed by atoms with van der Waals surface area (Å²) in [6.07, 6.45) is 1.65. The summed E-state index contributed by atoms with van der Waals surface area (Å²) in [5.74, 6) is 0.816. The average Bonchev–Trinajstić information content (AvgIpc) is 3.00. The number of carbonyl (C=O) groups is 1. The van der Waals surface area contributed by atoms with E-state index in [0.717, 1.165) is 5.75 Å². The summed E-state index contributed by atoms with van der Waals surface area (Å²) < 4.78 is 4.98. The number of Topliss-reactive ketones (excluding diaryl/α,β-unsaturated/α-hetero) is 1. The minimum atomic E-state index is -0.201. The molecule has 0 spiro atoms. The summed E-state index contributed by atoms with van der Waals surface area (Å²) in [5.41, 5.74) is 0.684. The van der Waals surface area contributed by atoms with Crippen LogP contribution >= 0.6 is 0 Å². The van der Waals surface area contributed by atoms with Crippen LogP contribution in [-0.4, -0.2) is 25.1 Å². The maximum absolute atomic E-state index is 11.4. The van der Waals surface area contributed by atoms with Gasteiger partial charge in [-0.1, -0.05) is 0 Å². The van der Waals surface area contributed by atoms with E-state index in [1.54, 1.807) is 37.6 Å². The van der Waals surface area contributed by atoms with Crippen LogP contribution in [0, 0.1) is 0 Å². The van der Waals surface area contributed by atoms with Crippen LogP contribution in [-0.2, 0) is 0 Å². The van der Waals surface area contributed by atoms with Crippen LogP contribution in [0.1, 0.15) is 10.4 Å². The van der Waals surface area contributed by atoms with E-state index in [2.05, 4.69) is 4.99 Å². The monoisotopic (exact) mass is 175 g/mol. The first-order valence-corrected chi connectivity index (χ1v) is 4.03. The van der Waals surface area contributed by atoms with Crippen LogP contribution in [0.25, 0.3) is 0 Å². The molecule has 0 fully saturated rings. The van der Waals surface area contributed by atoms with E-state index in [9.17, 15) is 4.79 Å². The molecule has 1 aromatic carbocycles. The number of benzene rings is 1. The van der Waals surface area contributed by atoms with Gasteiger partial charge in [-0.05, 0) is 24.3 Å². The Balaban J connectivity index is 2.17. The molecule has 1 unspecified atom stereocenters. The Bertz CT molecular complexity index is 348. The zero-order valence-electron chi connectivity index (χ0n) is 7.23. The van der Waals surface area contributed by atoms with Crippen molar-refractivity contribution in [3.8, 4) is 5.75 Å². The number of aliphatic imine (C=N–C) groups is 1. The number of carbonyl (C=O) groups excluding carboxylic acids is 1. The van der Waals surface area contributed by atoms with Crippen molar-refractivity contribution in [2.24, 2.45) is 4.99 Å². The molecule has 2 rings (SSSR count). The molecule has 0 amide bonds. The third-order valence-electron chi connectivity index (χ3n) is 1.94. The van der Waals surface area contributed by atoms with E-state index in [1.807, 2.05) is 0 Å². The third kappa shape index (κ3) is 1.59. The van der Waals surface area contributed by atoms with Crippen LogP contribution in [0.2, 0.25) is 0 Å². The first-order valence-electron chi connectivity index (χ1n) is 4.03. The van der Waals surface area contributed by atoms with Gasteiger partial charge in [-0.2, -0.15) is 0 Å². The summed E-state index contributed by atoms with van der Waals surface area (Å²) in [6, 6.07) is 6.85. The molecular formula is C10H9NO2. The van der Waals surface area contributed by atoms with E-state index in [-0.39, 0.29) is 11.8 Å². The SMILES string of the molecule is COc1ccc(C(=O)C2C=N2)cc1. The van der Waals surface area contributed by atoms with Gasteiger partial charge in [-0.3, -0.25) is 9.79 Å². The molecule has 1 aromatic rings. The Morgan fingerprint density at radius 2 is 2.00 bits per heavy atom. The summed E-state index contributed by atoms with van der Waals surface area (Å²) in [7, 11) is 1.60. The first-order chi connectivity index (χ1) is 6.31. The lowest BCUT2D eigenvalue weighted by Crippen LogP contribution is -2.08. The minimum absolute atomic E-state index is 0.0580. The second kappa shape index (κ2) is 3.01. The Labute approximate surface area is 76.1 Å². The van der Waals surface area contributed by atoms with E-state index in [1.165, 1.54) is 0 Å². The van der Waals surface area contributed by atoms with Crippen molar-refractivity contribution in [3.05, 3.63) is 29.8 Å². The topological polar surface area (TPSA) is 38.7 Å². The van der Waals surface area contributed by atoms with E-state index in [0.29, 0.717) is 5.56 Å². The van der Waals surface area contributed by atoms with Crippen LogP contribution < -0.4 is 4.74 Å². The number of methoxy groups -OCH3 is 1. The molecule has 0 bridgehead atoms. The highest BCUT2D eigenvalue weighted by Gasteiger charge is 2.23. The number of ketones is 1. The third-order valence-corrected chi connectivity index (χ3v) is 1.94. The van der Waals surface area contributed by atoms with Gasteiger partial charge in [-0.25, -0.2) is 0 Å². The van der Waals surface area contributed by atoms with Gasteiger partial charge in [-0.15, -0.1) is 0 Å². The molecule has 0 radical (unpaired) electrons. The number of rotatable bonds is 3. The highest BCUT2D eigenvalue weighted by molar-refractivity contribution is 6.15. The van der Waals surface area contributed by atoms with E-state index < -0.39 is 0 Å². The normalized spacial score (nSPS) is 18.4. The zero-order valence-corrected chi connectivity index (χ0v) is 7.23. The maximum Gasteiger partial charge on any atom is 0.192 e. The quantitative estimate of drug-likeness (QED) is 0.650. The summed E-state index contributed by atoms with van der Waals surface area (Å²) in [4.78, 5) is 15.3. The lowest BCUT2D eigenvalue weighted by Gasteiger charge is -2.00. The van der Waals surface area contributed by atoms with Crippen molar-refractivity contribution in [1.82, 2.24) is 0 Å². The molecule has 1 aliphatic rings. The number of hydrogen-bond donors (Lipinski definition) is 0. The molecule has 0 saturated heterocycles. The average molecular weight is 175 g/mol. The Kier molecular flexibility index (Phi) is 1.85. The van der Waals surface area contributed by atoms with Crippen molar-refractivity contribution in [2.45, 2.75) is 6.04 Å². The van der Waals surface area contributed by atoms with Gasteiger partial charge < -0.3 is 4.74 Å². The summed E-state index contributed by atoms with van der Waals surface area (Å²) in [5, 5.41) is 0. The molecule has 1 aliphatic heterocycles. The van der Waals surface area contributed by atoms with Gasteiger partial charge in [0.25, 0.3) is 0 Å². The van der Waals surface area contributed by atoms with Crippen molar-refractivity contribution in [1.29, 1.82) is 0 Å². The molecule has 0 N–H and O–H groups in total. The van der Waals surface area contributed by atoms with Crippen molar-refractivity contribution >= 4 is 12.0 Å². The molecule has 66 valence electrons. The van der Waals surface area contributed by atoms with Gasteiger partial charge in [0.05, 0.1) is 7.11 Å². The highest BCUT2D eigenvalue weighted by Crippen LogP contribution is 2.15. The fourth-order valence-corrected chi connectivity index (χ4v) is 1.10. The minimum Gasteiger partial charge on any atom is -0.497 e. The van der Waals surface area contributed by atoms with Crippen molar-refractivity contribution < 1.29 is 9.53 Å². The maximum atomic E-state index is 11.4. The van der Waals surface area contributed by atoms with Crippen LogP contribution in [0.15, 0.2) is 29.3 Å². The van der Waals surface area contributed by atoms with Crippen molar-refractivity contribution in [2.75, 3.05) is 7.11 Å². The van der Waals surface area contributed by atoms with Gasteiger partial charge in [0.2, 0.25) is 0 Å². The molecule has 3 heteroatoms. The molecular weight excluding hydrogens is 166 g/mol. The molecule has 0 saturated carbocycles. The predicted octanol–water partition coefficient (Wildman–Crippen LogP) is 1.33. The lowest BCUT2D eigenvalue weighted by molar-refractivity contribution is 0.0995. The van der Waals surface area contributed by atoms with Gasteiger partial charge in [0.1, 0.15) is 11.8 Å². The molecule has 0 aromatic heterocycles. The molecule has 13 heavy (non-hydrogen) atoms. The summed E-state index contributed by atoms with van der Waals surface area (Å²) >= 11 is 0. The largest absolute Gasteiger partial charge is 0.497 e. The highest BCUT2D eigenvalue weighted by atomic mass is 16.5.